The number of carbonyl (C=O) groups excluding carboxylic acids is 1. The van der Waals surface area contributed by atoms with Gasteiger partial charge in [-0.2, -0.15) is 0 Å². The highest BCUT2D eigenvalue weighted by atomic mass is 19.1. The summed E-state index contributed by atoms with van der Waals surface area (Å²) in [5, 5.41) is 3.16. The molecule has 4 nitrogen and oxygen atoms in total. The number of benzene rings is 2. The second kappa shape index (κ2) is 7.55. The van der Waals surface area contributed by atoms with Crippen LogP contribution in [0.25, 0.3) is 0 Å². The minimum atomic E-state index is -0.208. The maximum atomic E-state index is 13.5. The van der Waals surface area contributed by atoms with Gasteiger partial charge in [-0.05, 0) is 67.1 Å². The average Bonchev–Trinajstić information content (AvgIpc) is 3.32. The second-order valence-electron chi connectivity index (χ2n) is 7.73. The van der Waals surface area contributed by atoms with Crippen LogP contribution in [0, 0.1) is 11.7 Å². The van der Waals surface area contributed by atoms with Crippen molar-refractivity contribution in [2.24, 2.45) is 5.92 Å². The Kier molecular flexibility index (Phi) is 5.11. The van der Waals surface area contributed by atoms with E-state index in [1.54, 1.807) is 13.2 Å². The Balaban J connectivity index is 1.47. The normalized spacial score (nSPS) is 23.3. The quantitative estimate of drug-likeness (QED) is 0.788. The third-order valence-corrected chi connectivity index (χ3v) is 6.08. The van der Waals surface area contributed by atoms with Gasteiger partial charge in [-0.15, -0.1) is 0 Å². The van der Waals surface area contributed by atoms with Crippen LogP contribution < -0.4 is 10.1 Å². The highest BCUT2D eigenvalue weighted by Gasteiger charge is 2.61. The summed E-state index contributed by atoms with van der Waals surface area (Å²) >= 11 is 0. The molecule has 148 valence electrons. The van der Waals surface area contributed by atoms with Crippen LogP contribution in [0.4, 0.5) is 4.39 Å². The van der Waals surface area contributed by atoms with Crippen molar-refractivity contribution >= 4 is 5.91 Å². The number of methoxy groups -OCH3 is 1. The zero-order chi connectivity index (χ0) is 19.7. The third kappa shape index (κ3) is 3.39. The third-order valence-electron chi connectivity index (χ3n) is 6.08. The number of amides is 1. The van der Waals surface area contributed by atoms with Crippen molar-refractivity contribution in [3.63, 3.8) is 0 Å². The number of carbonyl (C=O) groups is 1. The Bertz CT molecular complexity index is 867. The van der Waals surface area contributed by atoms with E-state index in [0.717, 1.165) is 41.7 Å². The van der Waals surface area contributed by atoms with E-state index in [4.69, 9.17) is 9.47 Å². The van der Waals surface area contributed by atoms with Gasteiger partial charge in [0.1, 0.15) is 11.6 Å². The molecule has 2 aliphatic carbocycles. The molecule has 0 heterocycles. The first-order valence-corrected chi connectivity index (χ1v) is 9.88. The van der Waals surface area contributed by atoms with Crippen LogP contribution >= 0.6 is 0 Å². The standard InChI is InChI=1S/C23H26FNO3/c1-3-28-18-7-4-15(5-8-18)21(14-27-2)25-22(26)20-13-23(20)11-10-16-12-17(24)6-9-19(16)23/h4-9,12,20-21H,3,10-11,13-14H2,1-2H3,(H,25,26)/t20?,21-,23?/m0/s1. The minimum absolute atomic E-state index is 0.0492. The minimum Gasteiger partial charge on any atom is -0.494 e. The highest BCUT2D eigenvalue weighted by molar-refractivity contribution is 5.85. The van der Waals surface area contributed by atoms with Gasteiger partial charge in [0.25, 0.3) is 0 Å². The molecular weight excluding hydrogens is 357 g/mol. The molecule has 1 saturated carbocycles. The summed E-state index contributed by atoms with van der Waals surface area (Å²) in [4.78, 5) is 13.0. The average molecular weight is 383 g/mol. The number of fused-ring (bicyclic) bond motifs is 2. The number of halogens is 1. The fraction of sp³-hybridized carbons (Fsp3) is 0.435. The lowest BCUT2D eigenvalue weighted by atomic mass is 9.95. The molecule has 5 heteroatoms. The molecule has 2 aliphatic rings. The molecule has 0 bridgehead atoms. The van der Waals surface area contributed by atoms with Crippen molar-refractivity contribution in [2.45, 2.75) is 37.6 Å². The van der Waals surface area contributed by atoms with E-state index in [1.807, 2.05) is 37.3 Å². The van der Waals surface area contributed by atoms with E-state index in [2.05, 4.69) is 5.32 Å². The van der Waals surface area contributed by atoms with Gasteiger partial charge in [-0.1, -0.05) is 18.2 Å². The predicted molar refractivity (Wildman–Crippen MR) is 105 cm³/mol. The Morgan fingerprint density at radius 3 is 2.79 bits per heavy atom. The van der Waals surface area contributed by atoms with E-state index in [-0.39, 0.29) is 29.1 Å². The lowest BCUT2D eigenvalue weighted by Crippen LogP contribution is -2.34. The Morgan fingerprint density at radius 1 is 1.29 bits per heavy atom. The summed E-state index contributed by atoms with van der Waals surface area (Å²) in [5.41, 5.74) is 3.08. The van der Waals surface area contributed by atoms with Crippen LogP contribution in [0.3, 0.4) is 0 Å². The first kappa shape index (κ1) is 18.9. The molecule has 3 atom stereocenters. The second-order valence-corrected chi connectivity index (χ2v) is 7.73. The fourth-order valence-corrected chi connectivity index (χ4v) is 4.59. The van der Waals surface area contributed by atoms with E-state index in [0.29, 0.717) is 13.2 Å². The van der Waals surface area contributed by atoms with Crippen molar-refractivity contribution in [1.29, 1.82) is 0 Å². The van der Waals surface area contributed by atoms with Crippen LogP contribution in [-0.2, 0) is 21.4 Å². The lowest BCUT2D eigenvalue weighted by Gasteiger charge is -2.20. The molecule has 0 aromatic heterocycles. The maximum absolute atomic E-state index is 13.5. The lowest BCUT2D eigenvalue weighted by molar-refractivity contribution is -0.123. The molecule has 0 radical (unpaired) electrons. The zero-order valence-corrected chi connectivity index (χ0v) is 16.3. The van der Waals surface area contributed by atoms with Crippen molar-refractivity contribution in [3.05, 3.63) is 65.0 Å². The summed E-state index contributed by atoms with van der Waals surface area (Å²) in [7, 11) is 1.63. The molecule has 4 rings (SSSR count). The van der Waals surface area contributed by atoms with Gasteiger partial charge in [-0.3, -0.25) is 4.79 Å². The SMILES string of the molecule is CCOc1ccc([C@H](COC)NC(=O)C2CC23CCc2cc(F)ccc23)cc1. The Morgan fingerprint density at radius 2 is 2.07 bits per heavy atom. The van der Waals surface area contributed by atoms with Gasteiger partial charge >= 0.3 is 0 Å². The van der Waals surface area contributed by atoms with Gasteiger partial charge in [0.15, 0.2) is 0 Å². The van der Waals surface area contributed by atoms with Gasteiger partial charge in [0.05, 0.1) is 19.3 Å². The topological polar surface area (TPSA) is 47.6 Å². The van der Waals surface area contributed by atoms with Crippen molar-refractivity contribution in [3.8, 4) is 5.75 Å². The van der Waals surface area contributed by atoms with Crippen molar-refractivity contribution < 1.29 is 18.7 Å². The number of ether oxygens (including phenoxy) is 2. The van der Waals surface area contributed by atoms with E-state index >= 15 is 0 Å². The molecule has 2 aromatic rings. The van der Waals surface area contributed by atoms with Crippen LogP contribution in [0.5, 0.6) is 5.75 Å². The zero-order valence-electron chi connectivity index (χ0n) is 16.3. The molecule has 1 N–H and O–H groups in total. The summed E-state index contributed by atoms with van der Waals surface area (Å²) in [6.07, 6.45) is 2.60. The van der Waals surface area contributed by atoms with Crippen LogP contribution in [0.2, 0.25) is 0 Å². The molecule has 0 aliphatic heterocycles. The van der Waals surface area contributed by atoms with Gasteiger partial charge in [0.2, 0.25) is 5.91 Å². The fourth-order valence-electron chi connectivity index (χ4n) is 4.59. The molecular formula is C23H26FNO3. The molecule has 28 heavy (non-hydrogen) atoms. The van der Waals surface area contributed by atoms with Gasteiger partial charge in [-0.25, -0.2) is 4.39 Å². The monoisotopic (exact) mass is 383 g/mol. The maximum Gasteiger partial charge on any atom is 0.224 e. The Hall–Kier alpha value is -2.40. The van der Waals surface area contributed by atoms with Crippen molar-refractivity contribution in [1.82, 2.24) is 5.32 Å². The van der Waals surface area contributed by atoms with Crippen LogP contribution in [0.1, 0.15) is 42.5 Å². The summed E-state index contributed by atoms with van der Waals surface area (Å²) in [6, 6.07) is 12.5. The molecule has 1 spiro atoms. The largest absolute Gasteiger partial charge is 0.494 e. The Labute approximate surface area is 165 Å². The molecule has 1 fully saturated rings. The number of nitrogens with one attached hydrogen (secondary N) is 1. The van der Waals surface area contributed by atoms with E-state index in [9.17, 15) is 9.18 Å². The first-order valence-electron chi connectivity index (χ1n) is 9.88. The number of aryl methyl sites for hydroxylation is 1. The predicted octanol–water partition coefficient (Wildman–Crippen LogP) is 3.93. The summed E-state index contributed by atoms with van der Waals surface area (Å²) in [6.45, 7) is 2.97. The molecule has 1 amide bonds. The van der Waals surface area contributed by atoms with Gasteiger partial charge < -0.3 is 14.8 Å². The number of hydrogen-bond donors (Lipinski definition) is 1. The van der Waals surface area contributed by atoms with Crippen LogP contribution in [0.15, 0.2) is 42.5 Å². The van der Waals surface area contributed by atoms with E-state index in [1.165, 1.54) is 6.07 Å². The number of rotatable bonds is 7. The van der Waals surface area contributed by atoms with Crippen LogP contribution in [-0.4, -0.2) is 26.2 Å². The summed E-state index contributed by atoms with van der Waals surface area (Å²) < 4.78 is 24.3. The highest BCUT2D eigenvalue weighted by Crippen LogP contribution is 2.61. The van der Waals surface area contributed by atoms with E-state index < -0.39 is 0 Å². The summed E-state index contributed by atoms with van der Waals surface area (Å²) in [5.74, 6) is 0.604. The van der Waals surface area contributed by atoms with Gasteiger partial charge in [0, 0.05) is 18.4 Å². The smallest absolute Gasteiger partial charge is 0.224 e. The molecule has 2 unspecified atom stereocenters. The van der Waals surface area contributed by atoms with Crippen molar-refractivity contribution in [2.75, 3.05) is 20.3 Å². The molecule has 0 saturated heterocycles. The first-order chi connectivity index (χ1) is 13.6. The number of hydrogen-bond acceptors (Lipinski definition) is 3. The molecule has 2 aromatic carbocycles.